The Morgan fingerprint density at radius 2 is 1.54 bits per heavy atom. The van der Waals surface area contributed by atoms with Gasteiger partial charge in [-0.1, -0.05) is 44.4 Å². The number of carboxylic acid groups (broad SMARTS) is 1. The van der Waals surface area contributed by atoms with E-state index in [1.165, 1.54) is 32.9 Å². The summed E-state index contributed by atoms with van der Waals surface area (Å²) in [7, 11) is 0. The van der Waals surface area contributed by atoms with Crippen molar-refractivity contribution in [2.24, 2.45) is 34.8 Å². The molecule has 8 unspecified atom stereocenters. The summed E-state index contributed by atoms with van der Waals surface area (Å²) in [4.78, 5) is 165. The number of nitrogens with one attached hydrogen (secondary N) is 5. The minimum atomic E-state index is -2.60. The number of aliphatic hydroxyl groups excluding tert-OH is 3. The number of carboxylic acids is 1. The van der Waals surface area contributed by atoms with Crippen LogP contribution in [0.1, 0.15) is 199 Å². The van der Waals surface area contributed by atoms with Gasteiger partial charge in [0.25, 0.3) is 0 Å². The van der Waals surface area contributed by atoms with Crippen LogP contribution in [0.2, 0.25) is 0 Å². The number of carbonyl (C=O) groups excluding carboxylic acids is 11. The highest BCUT2D eigenvalue weighted by atomic mass is 16.7. The number of primary amides is 1. The van der Waals surface area contributed by atoms with E-state index in [9.17, 15) is 88.2 Å². The first-order chi connectivity index (χ1) is 46.1. The quantitative estimate of drug-likeness (QED) is 0.0138. The Morgan fingerprint density at radius 1 is 0.857 bits per heavy atom. The molecule has 3 aliphatic carbocycles. The minimum Gasteiger partial charge on any atom is -0.507 e. The molecule has 1 saturated carbocycles. The molecule has 5 aliphatic rings. The average molecular weight is 1380 g/mol. The molecule has 7 rings (SSSR count). The number of hydrogen-bond acceptors (Lipinski definition) is 24. The summed E-state index contributed by atoms with van der Waals surface area (Å²) in [5, 5.41) is 88.2. The van der Waals surface area contributed by atoms with Crippen molar-refractivity contribution < 1.29 is 117 Å². The first kappa shape index (κ1) is 77.7. The van der Waals surface area contributed by atoms with E-state index in [0.29, 0.717) is 37.7 Å². The molecular weight excluding hydrogens is 1280 g/mol. The molecule has 2 saturated heterocycles. The Morgan fingerprint density at radius 3 is 2.20 bits per heavy atom. The SMILES string of the molecule is Cc1cccc2c1C(=O)c1c(O)c3c(c(O)c1C2=O)C[C@@](O)(C(=O)COC(=O)C(C)(C)CONC(=O)[C@H](CCC(N)=O)CC(=O)[C@@H](NC(=O)[C@H](CO)CC(=O)[C@H](C)NC(=O)CC(=O)NCCCC(=O)O)C1CCCCC1)C[C@@H]3OC1CC2NC(O)C(C)CC(CC(C)O)OC2C(C)O1. The monoisotopic (exact) mass is 1380 g/mol. The number of rotatable bonds is 32. The molecule has 3 fully saturated rings. The molecule has 5 amide bonds. The lowest BCUT2D eigenvalue weighted by molar-refractivity contribution is -0.268. The summed E-state index contributed by atoms with van der Waals surface area (Å²) >= 11 is 0. The Labute approximate surface area is 566 Å². The van der Waals surface area contributed by atoms with E-state index < -0.39 is 235 Å². The van der Waals surface area contributed by atoms with Gasteiger partial charge in [0.05, 0.1) is 78.3 Å². The molecule has 0 aromatic heterocycles. The normalized spacial score (nSPS) is 24.8. The number of fused-ring (bicyclic) bond motifs is 4. The van der Waals surface area contributed by atoms with Crippen LogP contribution in [0.5, 0.6) is 11.5 Å². The van der Waals surface area contributed by atoms with Gasteiger partial charge in [-0.05, 0) is 97.5 Å². The predicted molar refractivity (Wildman–Crippen MR) is 342 cm³/mol. The molecule has 98 heavy (non-hydrogen) atoms. The lowest BCUT2D eigenvalue weighted by Gasteiger charge is -2.47. The third-order valence-corrected chi connectivity index (χ3v) is 19.0. The highest BCUT2D eigenvalue weighted by molar-refractivity contribution is 6.31. The van der Waals surface area contributed by atoms with E-state index >= 15 is 0 Å². The van der Waals surface area contributed by atoms with Gasteiger partial charge < -0.3 is 76.4 Å². The summed E-state index contributed by atoms with van der Waals surface area (Å²) < 4.78 is 24.9. The minimum absolute atomic E-state index is 0.00197. The molecule has 2 aliphatic heterocycles. The fourth-order valence-corrected chi connectivity index (χ4v) is 13.5. The summed E-state index contributed by atoms with van der Waals surface area (Å²) in [5.74, 6) is -15.5. The van der Waals surface area contributed by atoms with Crippen LogP contribution in [0.25, 0.3) is 0 Å². The van der Waals surface area contributed by atoms with Gasteiger partial charge >= 0.3 is 11.9 Å². The number of carbonyl (C=O) groups is 12. The Balaban J connectivity index is 1.02. The first-order valence-corrected chi connectivity index (χ1v) is 33.4. The summed E-state index contributed by atoms with van der Waals surface area (Å²) in [6, 6.07) is 1.40. The molecule has 14 atom stereocenters. The molecule has 30 heteroatoms. The first-order valence-electron chi connectivity index (χ1n) is 33.4. The number of esters is 1. The van der Waals surface area contributed by atoms with Gasteiger partial charge in [0, 0.05) is 85.7 Å². The molecule has 540 valence electrons. The molecule has 30 nitrogen and oxygen atoms in total. The number of phenolic OH excluding ortho intramolecular Hbond substituents is 2. The lowest BCUT2D eigenvalue weighted by atomic mass is 9.71. The topological polar surface area (TPSA) is 479 Å². The second-order valence-corrected chi connectivity index (χ2v) is 27.5. The van der Waals surface area contributed by atoms with Gasteiger partial charge in [0.1, 0.15) is 29.7 Å². The molecule has 0 radical (unpaired) electrons. The van der Waals surface area contributed by atoms with E-state index in [2.05, 4.69) is 26.7 Å². The number of aromatic hydroxyl groups is 2. The van der Waals surface area contributed by atoms with Crippen molar-refractivity contribution in [2.75, 3.05) is 26.4 Å². The number of aliphatic carboxylic acids is 1. The van der Waals surface area contributed by atoms with E-state index in [-0.39, 0.29) is 73.2 Å². The number of ketones is 5. The number of Topliss-reactive ketones (excluding diaryl/α,β-unsaturated/α-hetero) is 3. The maximum absolute atomic E-state index is 14.5. The standard InChI is InChI=1S/C68H94N6O24/c1-32-13-11-16-41-53(32)60(87)56-55(58(41)85)59(86)42-27-68(93,28-46(54(42)61(56)88)98-52-25-43-62(36(5)96-52)97-40(22-34(3)76)21-33(2)63(89)72-43)47(79)30-94-66(92)67(6,7)31-95-74-65(91)38(18-19-48(69)80)23-45(78)57(37-14-9-8-10-15-37)73-64(90)39(29-75)24-44(77)35(4)71-50(82)26-49(81)70-20-12-17-51(83)84/h11,13,16,33-40,43,46,52,57,62-63,72,75-76,86,88-89,93H,8-10,12,14-15,17-31H2,1-7H3,(H2,69,80)(H,70,81)(H,71,82)(H,73,90)(H,74,91)(H,83,84)/t33?,34?,35-,36?,38+,39-,40?,43?,46-,52?,57-,62?,63?,68-/m0/s1. The van der Waals surface area contributed by atoms with Crippen molar-refractivity contribution in [2.45, 2.75) is 224 Å². The van der Waals surface area contributed by atoms with Crippen LogP contribution in [0.4, 0.5) is 0 Å². The Kier molecular flexibility index (Phi) is 26.9. The number of aryl methyl sites for hydroxylation is 1. The van der Waals surface area contributed by atoms with E-state index in [4.69, 9.17) is 34.6 Å². The third kappa shape index (κ3) is 19.4. The smallest absolute Gasteiger partial charge is 0.314 e. The Hall–Kier alpha value is -7.68. The molecule has 0 bridgehead atoms. The van der Waals surface area contributed by atoms with Crippen LogP contribution in [0, 0.1) is 36.0 Å². The van der Waals surface area contributed by atoms with Gasteiger partial charge in [-0.25, -0.2) is 5.48 Å². The number of phenols is 2. The summed E-state index contributed by atoms with van der Waals surface area (Å²) in [5.41, 5.74) is 2.03. The summed E-state index contributed by atoms with van der Waals surface area (Å²) in [6.45, 7) is 8.09. The fraction of sp³-hybridized carbons (Fsp3) is 0.647. The van der Waals surface area contributed by atoms with Gasteiger partial charge in [0.2, 0.25) is 35.3 Å². The molecule has 0 spiro atoms. The van der Waals surface area contributed by atoms with Crippen molar-refractivity contribution >= 4 is 70.4 Å². The van der Waals surface area contributed by atoms with E-state index in [0.717, 1.165) is 6.42 Å². The van der Waals surface area contributed by atoms with Gasteiger partial charge in [-0.2, -0.15) is 0 Å². The van der Waals surface area contributed by atoms with Gasteiger partial charge in [-0.3, -0.25) is 67.7 Å². The zero-order valence-electron chi connectivity index (χ0n) is 56.3. The van der Waals surface area contributed by atoms with Crippen LogP contribution in [0.3, 0.4) is 0 Å². The van der Waals surface area contributed by atoms with Crippen molar-refractivity contribution in [3.05, 3.63) is 57.1 Å². The lowest BCUT2D eigenvalue weighted by Crippen LogP contribution is -2.60. The van der Waals surface area contributed by atoms with Gasteiger partial charge in [-0.15, -0.1) is 0 Å². The van der Waals surface area contributed by atoms with Crippen molar-refractivity contribution in [3.63, 3.8) is 0 Å². The number of aliphatic hydroxyl groups is 4. The zero-order chi connectivity index (χ0) is 72.2. The van der Waals surface area contributed by atoms with Crippen molar-refractivity contribution in [1.29, 1.82) is 0 Å². The van der Waals surface area contributed by atoms with Crippen LogP contribution in [-0.4, -0.2) is 193 Å². The van der Waals surface area contributed by atoms with Crippen molar-refractivity contribution in [3.8, 4) is 11.5 Å². The summed E-state index contributed by atoms with van der Waals surface area (Å²) in [6.07, 6.45) is -6.79. The fourth-order valence-electron chi connectivity index (χ4n) is 13.5. The van der Waals surface area contributed by atoms with E-state index in [1.54, 1.807) is 26.8 Å². The number of hydroxylamine groups is 1. The Bertz CT molecular complexity index is 3350. The number of benzene rings is 2. The second kappa shape index (κ2) is 33.9. The molecular formula is C68H94N6O24. The molecule has 2 heterocycles. The van der Waals surface area contributed by atoms with Crippen LogP contribution in [0.15, 0.2) is 18.2 Å². The van der Waals surface area contributed by atoms with E-state index in [1.807, 2.05) is 6.92 Å². The maximum atomic E-state index is 14.5. The number of amides is 5. The highest BCUT2D eigenvalue weighted by Gasteiger charge is 2.52. The molecule has 2 aromatic carbocycles. The number of ether oxygens (including phenoxy) is 4. The number of hydrogen-bond donors (Lipinski definition) is 13. The molecule has 14 N–H and O–H groups in total. The highest BCUT2D eigenvalue weighted by Crippen LogP contribution is 2.52. The zero-order valence-corrected chi connectivity index (χ0v) is 56.3. The average Bonchev–Trinajstić information content (AvgIpc) is 0.711. The van der Waals surface area contributed by atoms with Gasteiger partial charge in [0.15, 0.2) is 36.0 Å². The number of nitrogens with two attached hydrogens (primary N) is 1. The molecule has 2 aromatic rings. The van der Waals surface area contributed by atoms with Crippen LogP contribution >= 0.6 is 0 Å². The third-order valence-electron chi connectivity index (χ3n) is 19.0. The van der Waals surface area contributed by atoms with Crippen LogP contribution in [-0.2, 0) is 78.2 Å². The van der Waals surface area contributed by atoms with Crippen LogP contribution < -0.4 is 32.5 Å². The largest absolute Gasteiger partial charge is 0.507 e. The maximum Gasteiger partial charge on any atom is 0.314 e. The second-order valence-electron chi connectivity index (χ2n) is 27.5. The predicted octanol–water partition coefficient (Wildman–Crippen LogP) is 1.43. The van der Waals surface area contributed by atoms with Crippen molar-refractivity contribution in [1.82, 2.24) is 26.7 Å².